The maximum Gasteiger partial charge on any atom is 0.134 e. The van der Waals surface area contributed by atoms with Gasteiger partial charge in [0.2, 0.25) is 0 Å². The normalized spacial score (nSPS) is 16.8. The highest BCUT2D eigenvalue weighted by Gasteiger charge is 2.23. The maximum atomic E-state index is 8.69. The zero-order valence-electron chi connectivity index (χ0n) is 7.15. The highest BCUT2D eigenvalue weighted by Crippen LogP contribution is 2.33. The van der Waals surface area contributed by atoms with Crippen molar-refractivity contribution in [3.8, 4) is 11.5 Å². The van der Waals surface area contributed by atoms with Crippen molar-refractivity contribution in [1.82, 2.24) is 0 Å². The second kappa shape index (κ2) is 2.97. The second-order valence-electron chi connectivity index (χ2n) is 2.67. The molecule has 0 atom stereocenters. The van der Waals surface area contributed by atoms with Crippen molar-refractivity contribution in [2.45, 2.75) is 0 Å². The summed E-state index contributed by atoms with van der Waals surface area (Å²) in [6.45, 7) is 0.298. The third kappa shape index (κ3) is 1.11. The van der Waals surface area contributed by atoms with Crippen molar-refractivity contribution in [3.05, 3.63) is 23.8 Å². The van der Waals surface area contributed by atoms with Gasteiger partial charge in [-0.1, -0.05) is 11.2 Å². The van der Waals surface area contributed by atoms with E-state index in [2.05, 4.69) is 5.16 Å². The Bertz CT molecular complexity index is 360. The molecule has 1 heterocycles. The van der Waals surface area contributed by atoms with E-state index in [-0.39, 0.29) is 0 Å². The van der Waals surface area contributed by atoms with E-state index in [9.17, 15) is 0 Å². The van der Waals surface area contributed by atoms with Crippen molar-refractivity contribution in [3.63, 3.8) is 0 Å². The third-order valence-corrected chi connectivity index (χ3v) is 1.98. The number of ether oxygens (including phenoxy) is 2. The molecule has 0 spiro atoms. The fraction of sp³-hybridized carbons (Fsp3) is 0.222. The summed E-state index contributed by atoms with van der Waals surface area (Å²) in [5, 5.41) is 11.8. The summed E-state index contributed by atoms with van der Waals surface area (Å²) in [5.41, 5.74) is 1.25. The molecule has 1 aliphatic heterocycles. The van der Waals surface area contributed by atoms with Crippen molar-refractivity contribution >= 4 is 5.71 Å². The Morgan fingerprint density at radius 3 is 3.08 bits per heavy atom. The first kappa shape index (κ1) is 7.91. The van der Waals surface area contributed by atoms with E-state index in [4.69, 9.17) is 14.7 Å². The minimum atomic E-state index is 0.298. The Morgan fingerprint density at radius 1 is 1.54 bits per heavy atom. The van der Waals surface area contributed by atoms with Gasteiger partial charge < -0.3 is 14.7 Å². The summed E-state index contributed by atoms with van der Waals surface area (Å²) in [6.07, 6.45) is 0. The molecule has 68 valence electrons. The van der Waals surface area contributed by atoms with Crippen molar-refractivity contribution in [1.29, 1.82) is 0 Å². The van der Waals surface area contributed by atoms with Crippen molar-refractivity contribution in [2.75, 3.05) is 13.7 Å². The van der Waals surface area contributed by atoms with Gasteiger partial charge in [-0.2, -0.15) is 0 Å². The molecular formula is C9H9NO3. The Labute approximate surface area is 75.4 Å². The number of benzene rings is 1. The SMILES string of the molecule is COc1cccc2c1/C(=N/O)CO2. The van der Waals surface area contributed by atoms with Gasteiger partial charge in [-0.3, -0.25) is 0 Å². The largest absolute Gasteiger partial charge is 0.496 e. The number of hydrogen-bond donors (Lipinski definition) is 1. The Balaban J connectivity index is 2.59. The van der Waals surface area contributed by atoms with E-state index in [0.717, 1.165) is 5.56 Å². The summed E-state index contributed by atoms with van der Waals surface area (Å²) in [4.78, 5) is 0. The molecule has 0 saturated heterocycles. The molecule has 13 heavy (non-hydrogen) atoms. The van der Waals surface area contributed by atoms with Crippen LogP contribution in [0.5, 0.6) is 11.5 Å². The van der Waals surface area contributed by atoms with E-state index in [0.29, 0.717) is 23.8 Å². The highest BCUT2D eigenvalue weighted by atomic mass is 16.5. The Kier molecular flexibility index (Phi) is 1.81. The van der Waals surface area contributed by atoms with Crippen molar-refractivity contribution in [2.24, 2.45) is 5.16 Å². The van der Waals surface area contributed by atoms with Gasteiger partial charge in [-0.15, -0.1) is 0 Å². The molecule has 1 N–H and O–H groups in total. The lowest BCUT2D eigenvalue weighted by Gasteiger charge is -2.03. The third-order valence-electron chi connectivity index (χ3n) is 1.98. The average molecular weight is 179 g/mol. The second-order valence-corrected chi connectivity index (χ2v) is 2.67. The summed E-state index contributed by atoms with van der Waals surface area (Å²) >= 11 is 0. The van der Waals surface area contributed by atoms with E-state index < -0.39 is 0 Å². The molecule has 2 rings (SSSR count). The standard InChI is InChI=1S/C9H9NO3/c1-12-7-3-2-4-8-9(7)6(10-11)5-13-8/h2-4,11H,5H2,1H3/b10-6+. The molecule has 1 aromatic rings. The van der Waals surface area contributed by atoms with Gasteiger partial charge in [0.15, 0.2) is 0 Å². The summed E-state index contributed by atoms with van der Waals surface area (Å²) < 4.78 is 10.4. The molecule has 1 aromatic carbocycles. The first-order valence-electron chi connectivity index (χ1n) is 3.88. The van der Waals surface area contributed by atoms with Crippen LogP contribution in [0.2, 0.25) is 0 Å². The smallest absolute Gasteiger partial charge is 0.134 e. The molecule has 0 bridgehead atoms. The molecule has 0 aromatic heterocycles. The average Bonchev–Trinajstić information content (AvgIpc) is 2.60. The van der Waals surface area contributed by atoms with E-state index in [1.54, 1.807) is 13.2 Å². The van der Waals surface area contributed by atoms with Crippen LogP contribution in [0.15, 0.2) is 23.4 Å². The van der Waals surface area contributed by atoms with Gasteiger partial charge in [0, 0.05) is 0 Å². The van der Waals surface area contributed by atoms with Crippen LogP contribution in [0.1, 0.15) is 5.56 Å². The molecule has 0 radical (unpaired) electrons. The van der Waals surface area contributed by atoms with E-state index >= 15 is 0 Å². The number of rotatable bonds is 1. The van der Waals surface area contributed by atoms with Crippen LogP contribution >= 0.6 is 0 Å². The van der Waals surface area contributed by atoms with Crippen LogP contribution in [0.3, 0.4) is 0 Å². The van der Waals surface area contributed by atoms with Crippen LogP contribution in [-0.2, 0) is 0 Å². The minimum Gasteiger partial charge on any atom is -0.496 e. The fourth-order valence-corrected chi connectivity index (χ4v) is 1.38. The first-order chi connectivity index (χ1) is 6.36. The minimum absolute atomic E-state index is 0.298. The van der Waals surface area contributed by atoms with Gasteiger partial charge in [-0.05, 0) is 12.1 Å². The number of fused-ring (bicyclic) bond motifs is 1. The number of oxime groups is 1. The molecule has 0 unspecified atom stereocenters. The summed E-state index contributed by atoms with van der Waals surface area (Å²) in [7, 11) is 1.57. The van der Waals surface area contributed by atoms with Crippen LogP contribution in [0.4, 0.5) is 0 Å². The summed E-state index contributed by atoms with van der Waals surface area (Å²) in [5.74, 6) is 1.37. The topological polar surface area (TPSA) is 51.0 Å². The number of hydrogen-bond acceptors (Lipinski definition) is 4. The Hall–Kier alpha value is -1.71. The van der Waals surface area contributed by atoms with Crippen LogP contribution in [0.25, 0.3) is 0 Å². The number of nitrogens with zero attached hydrogens (tertiary/aromatic N) is 1. The van der Waals surface area contributed by atoms with Crippen LogP contribution in [0, 0.1) is 0 Å². The first-order valence-corrected chi connectivity index (χ1v) is 3.88. The molecule has 0 amide bonds. The van der Waals surface area contributed by atoms with Gasteiger partial charge in [-0.25, -0.2) is 0 Å². The predicted octanol–water partition coefficient (Wildman–Crippen LogP) is 1.27. The zero-order chi connectivity index (χ0) is 9.26. The quantitative estimate of drug-likeness (QED) is 0.521. The van der Waals surface area contributed by atoms with Gasteiger partial charge in [0.25, 0.3) is 0 Å². The lowest BCUT2D eigenvalue weighted by molar-refractivity contribution is 0.313. The van der Waals surface area contributed by atoms with Gasteiger partial charge in [0.1, 0.15) is 23.8 Å². The van der Waals surface area contributed by atoms with Crippen LogP contribution < -0.4 is 9.47 Å². The lowest BCUT2D eigenvalue weighted by Crippen LogP contribution is -2.03. The molecule has 4 nitrogen and oxygen atoms in total. The molecule has 0 aliphatic carbocycles. The molecule has 4 heteroatoms. The van der Waals surface area contributed by atoms with E-state index in [1.165, 1.54) is 0 Å². The predicted molar refractivity (Wildman–Crippen MR) is 46.8 cm³/mol. The van der Waals surface area contributed by atoms with Gasteiger partial charge in [0.05, 0.1) is 12.7 Å². The number of methoxy groups -OCH3 is 1. The lowest BCUT2D eigenvalue weighted by atomic mass is 10.1. The van der Waals surface area contributed by atoms with Crippen LogP contribution in [-0.4, -0.2) is 24.6 Å². The molecule has 0 fully saturated rings. The monoisotopic (exact) mass is 179 g/mol. The maximum absolute atomic E-state index is 8.69. The van der Waals surface area contributed by atoms with Gasteiger partial charge >= 0.3 is 0 Å². The summed E-state index contributed by atoms with van der Waals surface area (Å²) in [6, 6.07) is 5.45. The molecule has 1 aliphatic rings. The highest BCUT2D eigenvalue weighted by molar-refractivity contribution is 6.08. The Morgan fingerprint density at radius 2 is 2.38 bits per heavy atom. The molecule has 0 saturated carbocycles. The van der Waals surface area contributed by atoms with E-state index in [1.807, 2.05) is 12.1 Å². The zero-order valence-corrected chi connectivity index (χ0v) is 7.15. The molecular weight excluding hydrogens is 170 g/mol. The fourth-order valence-electron chi connectivity index (χ4n) is 1.38. The van der Waals surface area contributed by atoms with Crippen molar-refractivity contribution < 1.29 is 14.7 Å².